The molecule has 1 aromatic heterocycles. The van der Waals surface area contributed by atoms with Crippen LogP contribution in [0.25, 0.3) is 10.9 Å². The summed E-state index contributed by atoms with van der Waals surface area (Å²) in [6.07, 6.45) is 0. The van der Waals surface area contributed by atoms with Crippen molar-refractivity contribution in [3.63, 3.8) is 0 Å². The highest BCUT2D eigenvalue weighted by Gasteiger charge is 2.05. The predicted molar refractivity (Wildman–Crippen MR) is 46.2 cm³/mol. The van der Waals surface area contributed by atoms with Gasteiger partial charge in [-0.3, -0.25) is 4.79 Å². The van der Waals surface area contributed by atoms with E-state index in [1.807, 2.05) is 0 Å². The van der Waals surface area contributed by atoms with Crippen LogP contribution >= 0.6 is 0 Å². The van der Waals surface area contributed by atoms with Crippen molar-refractivity contribution in [3.8, 4) is 5.75 Å². The maximum atomic E-state index is 13.1. The highest BCUT2D eigenvalue weighted by atomic mass is 19.1. The Kier molecular flexibility index (Phi) is 1.55. The number of H-pyrrole nitrogens is 1. The Hall–Kier alpha value is -1.84. The summed E-state index contributed by atoms with van der Waals surface area (Å²) in [6, 6.07) is 5.17. The van der Waals surface area contributed by atoms with E-state index in [0.29, 0.717) is 5.52 Å². The lowest BCUT2D eigenvalue weighted by atomic mass is 10.2. The van der Waals surface area contributed by atoms with Crippen molar-refractivity contribution >= 4 is 10.9 Å². The molecule has 2 aromatic rings. The van der Waals surface area contributed by atoms with Gasteiger partial charge in [-0.25, -0.2) is 4.39 Å². The fourth-order valence-electron chi connectivity index (χ4n) is 1.25. The fraction of sp³-hybridized carbons (Fsp3) is 0. The normalized spacial score (nSPS) is 10.5. The van der Waals surface area contributed by atoms with E-state index < -0.39 is 11.4 Å². The van der Waals surface area contributed by atoms with E-state index >= 15 is 0 Å². The predicted octanol–water partition coefficient (Wildman–Crippen LogP) is 1.37. The molecule has 66 valence electrons. The molecule has 0 atom stereocenters. The van der Waals surface area contributed by atoms with Gasteiger partial charge >= 0.3 is 0 Å². The smallest absolute Gasteiger partial charge is 0.252 e. The number of halogens is 1. The first-order valence-electron chi connectivity index (χ1n) is 3.69. The molecule has 1 aromatic carbocycles. The molecule has 4 heteroatoms. The van der Waals surface area contributed by atoms with E-state index in [4.69, 9.17) is 0 Å². The van der Waals surface area contributed by atoms with Crippen molar-refractivity contribution in [3.05, 3.63) is 40.4 Å². The minimum atomic E-state index is -0.550. The van der Waals surface area contributed by atoms with Gasteiger partial charge in [-0.15, -0.1) is 0 Å². The average Bonchev–Trinajstić information content (AvgIpc) is 2.02. The van der Waals surface area contributed by atoms with Crippen molar-refractivity contribution in [2.45, 2.75) is 0 Å². The lowest BCUT2D eigenvalue weighted by Gasteiger charge is -2.00. The molecule has 2 rings (SSSR count). The fourth-order valence-corrected chi connectivity index (χ4v) is 1.25. The molecule has 1 heterocycles. The number of fused-ring (bicyclic) bond motifs is 1. The van der Waals surface area contributed by atoms with Crippen LogP contribution in [0.5, 0.6) is 5.75 Å². The summed E-state index contributed by atoms with van der Waals surface area (Å²) >= 11 is 0. The third-order valence-corrected chi connectivity index (χ3v) is 1.80. The van der Waals surface area contributed by atoms with Gasteiger partial charge in [0.05, 0.1) is 10.9 Å². The molecule has 0 unspecified atom stereocenters. The summed E-state index contributed by atoms with van der Waals surface area (Å²) in [5.74, 6) is -0.886. The van der Waals surface area contributed by atoms with E-state index in [-0.39, 0.29) is 11.1 Å². The summed E-state index contributed by atoms with van der Waals surface area (Å²) < 4.78 is 13.1. The molecule has 0 saturated heterocycles. The number of hydrogen-bond acceptors (Lipinski definition) is 2. The minimum absolute atomic E-state index is 0.0436. The zero-order valence-corrected chi connectivity index (χ0v) is 6.54. The van der Waals surface area contributed by atoms with Crippen LogP contribution in [-0.4, -0.2) is 10.1 Å². The lowest BCUT2D eigenvalue weighted by Crippen LogP contribution is -2.03. The summed E-state index contributed by atoms with van der Waals surface area (Å²) in [5.41, 5.74) is -0.152. The maximum Gasteiger partial charge on any atom is 0.252 e. The molecule has 0 aliphatic rings. The zero-order chi connectivity index (χ0) is 9.42. The van der Waals surface area contributed by atoms with Gasteiger partial charge in [0.2, 0.25) is 0 Å². The molecule has 3 nitrogen and oxygen atoms in total. The lowest BCUT2D eigenvalue weighted by molar-refractivity contribution is 0.477. The molecule has 0 bridgehead atoms. The number of benzene rings is 1. The van der Waals surface area contributed by atoms with Crippen LogP contribution in [0.3, 0.4) is 0 Å². The van der Waals surface area contributed by atoms with E-state index in [1.54, 1.807) is 0 Å². The van der Waals surface area contributed by atoms with Gasteiger partial charge in [-0.2, -0.15) is 0 Å². The molecule has 13 heavy (non-hydrogen) atoms. The standard InChI is InChI=1S/C9H6FNO2/c10-5-2-1-3-6-9(5)7(12)4-8(13)11-6/h1-4H,(H2,11,12,13). The van der Waals surface area contributed by atoms with Crippen LogP contribution in [0.1, 0.15) is 0 Å². The first-order valence-corrected chi connectivity index (χ1v) is 3.69. The molecule has 0 spiro atoms. The summed E-state index contributed by atoms with van der Waals surface area (Å²) in [6.45, 7) is 0. The third-order valence-electron chi connectivity index (χ3n) is 1.80. The molecular formula is C9H6FNO2. The molecule has 0 radical (unpaired) electrons. The van der Waals surface area contributed by atoms with Gasteiger partial charge < -0.3 is 10.1 Å². The SMILES string of the molecule is O=c1cc(O)c2c(F)cccc2[nH]1. The minimum Gasteiger partial charge on any atom is -0.507 e. The first kappa shape index (κ1) is 7.79. The number of rotatable bonds is 0. The highest BCUT2D eigenvalue weighted by molar-refractivity contribution is 5.84. The molecule has 0 fully saturated rings. The Balaban J connectivity index is 3.03. The number of hydrogen-bond donors (Lipinski definition) is 2. The first-order chi connectivity index (χ1) is 6.18. The van der Waals surface area contributed by atoms with Gasteiger partial charge in [-0.1, -0.05) is 6.07 Å². The highest BCUT2D eigenvalue weighted by Crippen LogP contribution is 2.23. The molecular weight excluding hydrogens is 173 g/mol. The molecule has 2 N–H and O–H groups in total. The Morgan fingerprint density at radius 3 is 2.92 bits per heavy atom. The Bertz CT molecular complexity index is 518. The number of aromatic amines is 1. The van der Waals surface area contributed by atoms with Crippen LogP contribution in [0.15, 0.2) is 29.1 Å². The van der Waals surface area contributed by atoms with Gasteiger partial charge in [0.25, 0.3) is 5.56 Å². The van der Waals surface area contributed by atoms with Crippen LogP contribution < -0.4 is 5.56 Å². The average molecular weight is 179 g/mol. The monoisotopic (exact) mass is 179 g/mol. The van der Waals surface area contributed by atoms with Gasteiger partial charge in [0.15, 0.2) is 0 Å². The Morgan fingerprint density at radius 2 is 2.15 bits per heavy atom. The van der Waals surface area contributed by atoms with Crippen molar-refractivity contribution < 1.29 is 9.50 Å². The van der Waals surface area contributed by atoms with Crippen molar-refractivity contribution in [2.75, 3.05) is 0 Å². The second kappa shape index (κ2) is 2.58. The summed E-state index contributed by atoms with van der Waals surface area (Å²) in [5, 5.41) is 9.32. The maximum absolute atomic E-state index is 13.1. The van der Waals surface area contributed by atoms with Gasteiger partial charge in [-0.05, 0) is 12.1 Å². The van der Waals surface area contributed by atoms with Crippen LogP contribution in [0, 0.1) is 5.82 Å². The van der Waals surface area contributed by atoms with Crippen LogP contribution in [0.2, 0.25) is 0 Å². The Morgan fingerprint density at radius 1 is 1.38 bits per heavy atom. The van der Waals surface area contributed by atoms with Crippen LogP contribution in [0.4, 0.5) is 4.39 Å². The quantitative estimate of drug-likeness (QED) is 0.641. The third kappa shape index (κ3) is 1.16. The molecule has 0 amide bonds. The van der Waals surface area contributed by atoms with Gasteiger partial charge in [0, 0.05) is 6.07 Å². The molecule has 0 aliphatic carbocycles. The van der Waals surface area contributed by atoms with E-state index in [9.17, 15) is 14.3 Å². The number of pyridine rings is 1. The molecule has 0 aliphatic heterocycles. The second-order valence-electron chi connectivity index (χ2n) is 2.68. The van der Waals surface area contributed by atoms with E-state index in [2.05, 4.69) is 4.98 Å². The van der Waals surface area contributed by atoms with Crippen molar-refractivity contribution in [1.82, 2.24) is 4.98 Å². The van der Waals surface area contributed by atoms with Gasteiger partial charge in [0.1, 0.15) is 11.6 Å². The largest absolute Gasteiger partial charge is 0.507 e. The zero-order valence-electron chi connectivity index (χ0n) is 6.54. The molecule has 0 saturated carbocycles. The van der Waals surface area contributed by atoms with E-state index in [0.717, 1.165) is 6.07 Å². The second-order valence-corrected chi connectivity index (χ2v) is 2.68. The van der Waals surface area contributed by atoms with Crippen molar-refractivity contribution in [2.24, 2.45) is 0 Å². The summed E-state index contributed by atoms with van der Waals surface area (Å²) in [4.78, 5) is 13.3. The van der Waals surface area contributed by atoms with Crippen LogP contribution in [-0.2, 0) is 0 Å². The number of aromatic hydroxyl groups is 1. The Labute approximate surface area is 72.5 Å². The number of nitrogens with one attached hydrogen (secondary N) is 1. The number of aromatic nitrogens is 1. The van der Waals surface area contributed by atoms with E-state index in [1.165, 1.54) is 18.2 Å². The summed E-state index contributed by atoms with van der Waals surface area (Å²) in [7, 11) is 0. The van der Waals surface area contributed by atoms with Crippen molar-refractivity contribution in [1.29, 1.82) is 0 Å². The topological polar surface area (TPSA) is 53.1 Å².